The number of nitrogens with zero attached hydrogens (tertiary/aromatic N) is 2. The highest BCUT2D eigenvalue weighted by atomic mass is 16.4. The van der Waals surface area contributed by atoms with Crippen LogP contribution in [-0.4, -0.2) is 25.7 Å². The zero-order valence-electron chi connectivity index (χ0n) is 10.7. The maximum Gasteiger partial charge on any atom is 0.343 e. The summed E-state index contributed by atoms with van der Waals surface area (Å²) in [6.45, 7) is 0. The number of benzene rings is 1. The fourth-order valence-electron chi connectivity index (χ4n) is 1.95. The van der Waals surface area contributed by atoms with E-state index in [2.05, 4.69) is 21.9 Å². The molecule has 0 aliphatic heterocycles. The number of carbonyl (C=O) groups is 1. The van der Waals surface area contributed by atoms with Crippen molar-refractivity contribution in [2.45, 2.75) is 0 Å². The summed E-state index contributed by atoms with van der Waals surface area (Å²) in [6, 6.07) is 10.5. The number of aromatic amines is 1. The molecule has 102 valence electrons. The second-order valence-electron chi connectivity index (χ2n) is 4.24. The van der Waals surface area contributed by atoms with E-state index < -0.39 is 11.4 Å². The van der Waals surface area contributed by atoms with Crippen LogP contribution in [0.1, 0.15) is 21.6 Å². The summed E-state index contributed by atoms with van der Waals surface area (Å²) in [6.07, 6.45) is 1.31. The highest BCUT2D eigenvalue weighted by Crippen LogP contribution is 2.06. The van der Waals surface area contributed by atoms with E-state index in [1.165, 1.54) is 16.9 Å². The van der Waals surface area contributed by atoms with Gasteiger partial charge in [0, 0.05) is 11.6 Å². The topological polar surface area (TPSA) is 87.5 Å². The highest BCUT2D eigenvalue weighted by molar-refractivity contribution is 5.94. The maximum absolute atomic E-state index is 11.9. The molecule has 0 radical (unpaired) electrons. The van der Waals surface area contributed by atoms with E-state index in [9.17, 15) is 9.59 Å². The monoisotopic (exact) mass is 279 g/mol. The van der Waals surface area contributed by atoms with Crippen LogP contribution in [0.4, 0.5) is 0 Å². The van der Waals surface area contributed by atoms with Gasteiger partial charge in [0.05, 0.1) is 0 Å². The van der Waals surface area contributed by atoms with E-state index in [0.717, 1.165) is 5.56 Å². The number of rotatable bonds is 1. The van der Waals surface area contributed by atoms with Gasteiger partial charge in [0.2, 0.25) is 0 Å². The van der Waals surface area contributed by atoms with Crippen LogP contribution in [-0.2, 0) is 0 Å². The van der Waals surface area contributed by atoms with E-state index >= 15 is 0 Å². The van der Waals surface area contributed by atoms with Gasteiger partial charge in [-0.2, -0.15) is 0 Å². The highest BCUT2D eigenvalue weighted by Gasteiger charge is 2.17. The molecule has 0 saturated heterocycles. The number of hydrogen-bond acceptors (Lipinski definition) is 3. The van der Waals surface area contributed by atoms with Crippen molar-refractivity contribution >= 4 is 11.6 Å². The second kappa shape index (κ2) is 4.98. The number of pyridine rings is 1. The molecule has 0 unspecified atom stereocenters. The standard InChI is InChI=1S/C15H9N3O3/c19-12-8-11(7-6-10-4-2-1-3-5-10)18-14(16-9-17-18)13(12)15(20)21/h1-5,8-9H,(H,16,17)(H,20,21). The Balaban J connectivity index is 2.20. The van der Waals surface area contributed by atoms with Crippen molar-refractivity contribution in [3.8, 4) is 11.8 Å². The molecule has 6 nitrogen and oxygen atoms in total. The van der Waals surface area contributed by atoms with Crippen LogP contribution in [0.25, 0.3) is 5.65 Å². The summed E-state index contributed by atoms with van der Waals surface area (Å²) in [4.78, 5) is 26.9. The van der Waals surface area contributed by atoms with Crippen molar-refractivity contribution in [1.29, 1.82) is 0 Å². The average molecular weight is 279 g/mol. The minimum atomic E-state index is -1.31. The smallest absolute Gasteiger partial charge is 0.343 e. The van der Waals surface area contributed by atoms with Gasteiger partial charge in [0.1, 0.15) is 12.0 Å². The average Bonchev–Trinajstić information content (AvgIpc) is 2.94. The molecule has 2 N–H and O–H groups in total. The molecule has 0 saturated carbocycles. The molecule has 21 heavy (non-hydrogen) atoms. The third-order valence-electron chi connectivity index (χ3n) is 2.89. The summed E-state index contributed by atoms with van der Waals surface area (Å²) in [5.41, 5.74) is 0.197. The van der Waals surface area contributed by atoms with Gasteiger partial charge in [-0.05, 0) is 18.1 Å². The molecule has 0 amide bonds. The minimum Gasteiger partial charge on any atom is -0.477 e. The molecule has 1 aromatic carbocycles. The van der Waals surface area contributed by atoms with Gasteiger partial charge in [-0.3, -0.25) is 9.89 Å². The summed E-state index contributed by atoms with van der Waals surface area (Å²) in [5, 5.41) is 11.8. The quantitative estimate of drug-likeness (QED) is 0.653. The molecular weight excluding hydrogens is 270 g/mol. The first-order chi connectivity index (χ1) is 10.2. The van der Waals surface area contributed by atoms with E-state index in [0.29, 0.717) is 5.69 Å². The van der Waals surface area contributed by atoms with Crippen LogP contribution in [0.5, 0.6) is 0 Å². The molecule has 3 rings (SSSR count). The molecule has 0 spiro atoms. The molecule has 6 heteroatoms. The molecule has 0 fully saturated rings. The van der Waals surface area contributed by atoms with Crippen molar-refractivity contribution < 1.29 is 9.90 Å². The van der Waals surface area contributed by atoms with Crippen LogP contribution in [0, 0.1) is 11.8 Å². The number of hydrogen-bond donors (Lipinski definition) is 2. The number of carboxylic acids is 1. The molecule has 2 heterocycles. The number of H-pyrrole nitrogens is 1. The van der Waals surface area contributed by atoms with Crippen LogP contribution in [0.3, 0.4) is 0 Å². The first-order valence-electron chi connectivity index (χ1n) is 6.06. The van der Waals surface area contributed by atoms with Gasteiger partial charge in [0.15, 0.2) is 16.6 Å². The molecule has 0 bridgehead atoms. The largest absolute Gasteiger partial charge is 0.477 e. The summed E-state index contributed by atoms with van der Waals surface area (Å²) in [7, 11) is 0. The van der Waals surface area contributed by atoms with Gasteiger partial charge in [0.25, 0.3) is 0 Å². The van der Waals surface area contributed by atoms with Gasteiger partial charge < -0.3 is 5.11 Å². The fraction of sp³-hybridized carbons (Fsp3) is 0. The Morgan fingerprint density at radius 1 is 1.24 bits per heavy atom. The first-order valence-corrected chi connectivity index (χ1v) is 6.06. The zero-order valence-corrected chi connectivity index (χ0v) is 10.7. The van der Waals surface area contributed by atoms with Gasteiger partial charge in [-0.25, -0.2) is 14.3 Å². The van der Waals surface area contributed by atoms with Crippen LogP contribution in [0.2, 0.25) is 0 Å². The number of nitrogens with one attached hydrogen (secondary N) is 1. The van der Waals surface area contributed by atoms with E-state index in [4.69, 9.17) is 5.11 Å². The van der Waals surface area contributed by atoms with E-state index in [1.54, 1.807) is 0 Å². The molecule has 0 aliphatic rings. The molecule has 0 aliphatic carbocycles. The van der Waals surface area contributed by atoms with Crippen molar-refractivity contribution in [3.63, 3.8) is 0 Å². The summed E-state index contributed by atoms with van der Waals surface area (Å²) >= 11 is 0. The van der Waals surface area contributed by atoms with E-state index in [-0.39, 0.29) is 11.2 Å². The molecular formula is C15H9N3O3. The Kier molecular flexibility index (Phi) is 3.01. The third kappa shape index (κ3) is 2.28. The van der Waals surface area contributed by atoms with Gasteiger partial charge in [-0.1, -0.05) is 24.1 Å². The van der Waals surface area contributed by atoms with Crippen molar-refractivity contribution in [2.75, 3.05) is 0 Å². The lowest BCUT2D eigenvalue weighted by Gasteiger charge is -2.00. The molecule has 3 aromatic rings. The number of aromatic nitrogens is 3. The Labute approximate surface area is 118 Å². The summed E-state index contributed by atoms with van der Waals surface area (Å²) in [5.74, 6) is 4.45. The van der Waals surface area contributed by atoms with Crippen LogP contribution < -0.4 is 5.43 Å². The van der Waals surface area contributed by atoms with Crippen molar-refractivity contribution in [2.24, 2.45) is 0 Å². The second-order valence-corrected chi connectivity index (χ2v) is 4.24. The lowest BCUT2D eigenvalue weighted by atomic mass is 10.2. The van der Waals surface area contributed by atoms with Gasteiger partial charge >= 0.3 is 5.97 Å². The Morgan fingerprint density at radius 2 is 2.00 bits per heavy atom. The summed E-state index contributed by atoms with van der Waals surface area (Å²) < 4.78 is 1.38. The molecule has 2 aromatic heterocycles. The number of fused-ring (bicyclic) bond motifs is 1. The van der Waals surface area contributed by atoms with Gasteiger partial charge in [-0.15, -0.1) is 0 Å². The Hall–Kier alpha value is -3.33. The van der Waals surface area contributed by atoms with Crippen LogP contribution in [0.15, 0.2) is 47.5 Å². The van der Waals surface area contributed by atoms with Crippen molar-refractivity contribution in [1.82, 2.24) is 14.6 Å². The third-order valence-corrected chi connectivity index (χ3v) is 2.89. The lowest BCUT2D eigenvalue weighted by Crippen LogP contribution is -2.18. The predicted octanol–water partition coefficient (Wildman–Crippen LogP) is 1.12. The predicted molar refractivity (Wildman–Crippen MR) is 75.2 cm³/mol. The molecule has 0 atom stereocenters. The van der Waals surface area contributed by atoms with Crippen LogP contribution >= 0.6 is 0 Å². The Bertz CT molecular complexity index is 943. The fourth-order valence-corrected chi connectivity index (χ4v) is 1.95. The maximum atomic E-state index is 11.9. The zero-order chi connectivity index (χ0) is 14.8. The first kappa shape index (κ1) is 12.7. The Morgan fingerprint density at radius 3 is 2.71 bits per heavy atom. The number of aromatic carboxylic acids is 1. The minimum absolute atomic E-state index is 0.0485. The number of carboxylic acid groups (broad SMARTS) is 1. The normalized spacial score (nSPS) is 10.1. The van der Waals surface area contributed by atoms with E-state index in [1.807, 2.05) is 30.3 Å². The lowest BCUT2D eigenvalue weighted by molar-refractivity contribution is 0.0697. The SMILES string of the molecule is O=C(O)c1c(=O)cc(C#Cc2ccccc2)n2[nH]cnc12. The van der Waals surface area contributed by atoms with Crippen molar-refractivity contribution in [3.05, 3.63) is 69.8 Å².